The van der Waals surface area contributed by atoms with Gasteiger partial charge in [-0.15, -0.1) is 0 Å². The highest BCUT2D eigenvalue weighted by molar-refractivity contribution is 5.93. The Hall–Kier alpha value is -2.63. The van der Waals surface area contributed by atoms with Crippen LogP contribution in [-0.4, -0.2) is 10.2 Å². The van der Waals surface area contributed by atoms with Crippen LogP contribution in [0.4, 0.5) is 13.2 Å². The van der Waals surface area contributed by atoms with Gasteiger partial charge < -0.3 is 0 Å². The van der Waals surface area contributed by atoms with Crippen molar-refractivity contribution in [1.29, 1.82) is 0 Å². The third kappa shape index (κ3) is 2.40. The van der Waals surface area contributed by atoms with Crippen LogP contribution in [0.5, 0.6) is 0 Å². The van der Waals surface area contributed by atoms with Crippen molar-refractivity contribution in [3.8, 4) is 11.3 Å². The minimum atomic E-state index is -4.38. The molecule has 3 aromatic rings. The number of hydrogen-bond acceptors (Lipinski definition) is 2. The summed E-state index contributed by atoms with van der Waals surface area (Å²) in [4.78, 5) is 11.7. The molecule has 2 aromatic carbocycles. The van der Waals surface area contributed by atoms with Gasteiger partial charge in [-0.1, -0.05) is 30.3 Å². The molecule has 0 aliphatic rings. The predicted molar refractivity (Wildman–Crippen MR) is 72.8 cm³/mol. The van der Waals surface area contributed by atoms with E-state index in [0.717, 1.165) is 12.1 Å². The zero-order valence-corrected chi connectivity index (χ0v) is 10.6. The topological polar surface area (TPSA) is 45.8 Å². The summed E-state index contributed by atoms with van der Waals surface area (Å²) in [6.45, 7) is 0. The number of benzene rings is 2. The fourth-order valence-corrected chi connectivity index (χ4v) is 2.15. The van der Waals surface area contributed by atoms with Crippen LogP contribution in [0, 0.1) is 0 Å². The van der Waals surface area contributed by atoms with E-state index < -0.39 is 11.7 Å². The first-order valence-electron chi connectivity index (χ1n) is 6.12. The lowest BCUT2D eigenvalue weighted by Crippen LogP contribution is -2.09. The molecule has 6 heteroatoms. The zero-order chi connectivity index (χ0) is 15.0. The molecule has 106 valence electrons. The molecule has 21 heavy (non-hydrogen) atoms. The lowest BCUT2D eigenvalue weighted by molar-refractivity contribution is -0.137. The van der Waals surface area contributed by atoms with Crippen molar-refractivity contribution in [2.24, 2.45) is 0 Å². The summed E-state index contributed by atoms with van der Waals surface area (Å²) >= 11 is 0. The van der Waals surface area contributed by atoms with E-state index in [-0.39, 0.29) is 5.56 Å². The lowest BCUT2D eigenvalue weighted by atomic mass is 10.0. The highest BCUT2D eigenvalue weighted by Crippen LogP contribution is 2.31. The Labute approximate surface area is 117 Å². The SMILES string of the molecule is O=c1[nH]nc(-c2ccc(C(F)(F)F)cc2)c2ccccc12. The van der Waals surface area contributed by atoms with Gasteiger partial charge in [0.1, 0.15) is 0 Å². The monoisotopic (exact) mass is 290 g/mol. The molecular formula is C15H9F3N2O. The number of rotatable bonds is 1. The molecule has 0 aliphatic heterocycles. The normalized spacial score (nSPS) is 11.8. The average Bonchev–Trinajstić information content (AvgIpc) is 2.47. The van der Waals surface area contributed by atoms with Gasteiger partial charge in [0.2, 0.25) is 0 Å². The second-order valence-corrected chi connectivity index (χ2v) is 4.52. The van der Waals surface area contributed by atoms with E-state index in [9.17, 15) is 18.0 Å². The fraction of sp³-hybridized carbons (Fsp3) is 0.0667. The Morgan fingerprint density at radius 1 is 0.905 bits per heavy atom. The van der Waals surface area contributed by atoms with Crippen molar-refractivity contribution >= 4 is 10.8 Å². The minimum Gasteiger partial charge on any atom is -0.267 e. The van der Waals surface area contributed by atoms with Gasteiger partial charge in [0, 0.05) is 10.9 Å². The van der Waals surface area contributed by atoms with E-state index >= 15 is 0 Å². The second-order valence-electron chi connectivity index (χ2n) is 4.52. The van der Waals surface area contributed by atoms with Crippen LogP contribution in [-0.2, 0) is 6.18 Å². The largest absolute Gasteiger partial charge is 0.416 e. The Balaban J connectivity index is 2.17. The van der Waals surface area contributed by atoms with Gasteiger partial charge >= 0.3 is 6.18 Å². The molecule has 0 bridgehead atoms. The first kappa shape index (κ1) is 13.4. The van der Waals surface area contributed by atoms with Gasteiger partial charge in [-0.05, 0) is 18.2 Å². The number of H-pyrrole nitrogens is 1. The predicted octanol–water partition coefficient (Wildman–Crippen LogP) is 3.61. The maximum atomic E-state index is 12.6. The van der Waals surface area contributed by atoms with E-state index in [1.165, 1.54) is 12.1 Å². The maximum absolute atomic E-state index is 12.6. The first-order chi connectivity index (χ1) is 9.97. The highest BCUT2D eigenvalue weighted by atomic mass is 19.4. The maximum Gasteiger partial charge on any atom is 0.416 e. The van der Waals surface area contributed by atoms with Crippen LogP contribution in [0.3, 0.4) is 0 Å². The summed E-state index contributed by atoms with van der Waals surface area (Å²) < 4.78 is 37.7. The number of nitrogens with one attached hydrogen (secondary N) is 1. The molecule has 0 atom stereocenters. The van der Waals surface area contributed by atoms with Gasteiger partial charge in [-0.2, -0.15) is 18.3 Å². The van der Waals surface area contributed by atoms with Crippen LogP contribution < -0.4 is 5.56 Å². The molecule has 3 rings (SSSR count). The molecule has 3 nitrogen and oxygen atoms in total. The Bertz CT molecular complexity index is 851. The van der Waals surface area contributed by atoms with E-state index in [1.807, 2.05) is 0 Å². The minimum absolute atomic E-state index is 0.332. The van der Waals surface area contributed by atoms with Gasteiger partial charge in [0.15, 0.2) is 0 Å². The van der Waals surface area contributed by atoms with Gasteiger partial charge in [-0.25, -0.2) is 5.10 Å². The number of fused-ring (bicyclic) bond motifs is 1. The molecule has 0 radical (unpaired) electrons. The zero-order valence-electron chi connectivity index (χ0n) is 10.6. The standard InChI is InChI=1S/C15H9F3N2O/c16-15(17,18)10-7-5-9(6-8-10)13-11-3-1-2-4-12(11)14(21)20-19-13/h1-8H,(H,20,21). The second kappa shape index (κ2) is 4.73. The fourth-order valence-electron chi connectivity index (χ4n) is 2.15. The van der Waals surface area contributed by atoms with E-state index in [4.69, 9.17) is 0 Å². The average molecular weight is 290 g/mol. The summed E-state index contributed by atoms with van der Waals surface area (Å²) in [5.41, 5.74) is -0.101. The molecule has 1 aromatic heterocycles. The highest BCUT2D eigenvalue weighted by Gasteiger charge is 2.30. The number of halogens is 3. The van der Waals surface area contributed by atoms with Crippen molar-refractivity contribution in [2.75, 3.05) is 0 Å². The summed E-state index contributed by atoms with van der Waals surface area (Å²) in [7, 11) is 0. The smallest absolute Gasteiger partial charge is 0.267 e. The van der Waals surface area contributed by atoms with Gasteiger partial charge in [-0.3, -0.25) is 4.79 Å². The summed E-state index contributed by atoms with van der Waals surface area (Å²) in [6.07, 6.45) is -4.38. The van der Waals surface area contributed by atoms with Crippen molar-refractivity contribution in [3.05, 3.63) is 64.4 Å². The number of nitrogens with zero attached hydrogens (tertiary/aromatic N) is 1. The summed E-state index contributed by atoms with van der Waals surface area (Å²) in [5, 5.41) is 7.35. The summed E-state index contributed by atoms with van der Waals surface area (Å²) in [6, 6.07) is 11.5. The van der Waals surface area contributed by atoms with Gasteiger partial charge in [0.25, 0.3) is 5.56 Å². The van der Waals surface area contributed by atoms with Gasteiger partial charge in [0.05, 0.1) is 16.6 Å². The Kier molecular flexibility index (Phi) is 3.01. The van der Waals surface area contributed by atoms with Crippen molar-refractivity contribution < 1.29 is 13.2 Å². The van der Waals surface area contributed by atoms with E-state index in [0.29, 0.717) is 22.0 Å². The molecule has 0 saturated carbocycles. The Morgan fingerprint density at radius 2 is 1.52 bits per heavy atom. The Morgan fingerprint density at radius 3 is 2.14 bits per heavy atom. The van der Waals surface area contributed by atoms with Crippen molar-refractivity contribution in [1.82, 2.24) is 10.2 Å². The molecule has 0 spiro atoms. The number of aromatic nitrogens is 2. The van der Waals surface area contributed by atoms with Crippen molar-refractivity contribution in [2.45, 2.75) is 6.18 Å². The third-order valence-corrected chi connectivity index (χ3v) is 3.18. The van der Waals surface area contributed by atoms with Crippen LogP contribution in [0.25, 0.3) is 22.0 Å². The first-order valence-corrected chi connectivity index (χ1v) is 6.12. The van der Waals surface area contributed by atoms with Crippen LogP contribution in [0.2, 0.25) is 0 Å². The quantitative estimate of drug-likeness (QED) is 0.744. The number of alkyl halides is 3. The van der Waals surface area contributed by atoms with Crippen LogP contribution in [0.15, 0.2) is 53.3 Å². The number of aromatic amines is 1. The van der Waals surface area contributed by atoms with E-state index in [2.05, 4.69) is 10.2 Å². The molecule has 0 unspecified atom stereocenters. The number of hydrogen-bond donors (Lipinski definition) is 1. The van der Waals surface area contributed by atoms with Crippen molar-refractivity contribution in [3.63, 3.8) is 0 Å². The molecule has 1 N–H and O–H groups in total. The molecular weight excluding hydrogens is 281 g/mol. The van der Waals surface area contributed by atoms with E-state index in [1.54, 1.807) is 24.3 Å². The molecule has 0 saturated heterocycles. The van der Waals surface area contributed by atoms with Crippen LogP contribution in [0.1, 0.15) is 5.56 Å². The lowest BCUT2D eigenvalue weighted by Gasteiger charge is -2.08. The van der Waals surface area contributed by atoms with Crippen LogP contribution >= 0.6 is 0 Å². The molecule has 0 amide bonds. The summed E-state index contributed by atoms with van der Waals surface area (Å²) in [5.74, 6) is 0. The molecule has 1 heterocycles. The molecule has 0 aliphatic carbocycles. The molecule has 0 fully saturated rings. The third-order valence-electron chi connectivity index (χ3n) is 3.18.